The summed E-state index contributed by atoms with van der Waals surface area (Å²) in [5.41, 5.74) is 3.68. The molecular formula is C22H26CuN2O2. The third-order valence-electron chi connectivity index (χ3n) is 4.87. The first-order valence-corrected chi connectivity index (χ1v) is 9.18. The molecule has 1 aliphatic rings. The van der Waals surface area contributed by atoms with Crippen molar-refractivity contribution in [3.05, 3.63) is 58.7 Å². The van der Waals surface area contributed by atoms with Crippen molar-refractivity contribution in [1.82, 2.24) is 0 Å². The predicted octanol–water partition coefficient (Wildman–Crippen LogP) is 4.56. The molecule has 0 aromatic heterocycles. The molecule has 2 atom stereocenters. The quantitative estimate of drug-likeness (QED) is 0.569. The number of benzene rings is 2. The van der Waals surface area contributed by atoms with E-state index in [2.05, 4.69) is 0 Å². The van der Waals surface area contributed by atoms with E-state index in [9.17, 15) is 10.2 Å². The van der Waals surface area contributed by atoms with Crippen molar-refractivity contribution >= 4 is 12.4 Å². The molecule has 147 valence electrons. The van der Waals surface area contributed by atoms with Crippen LogP contribution in [0.15, 0.2) is 46.4 Å². The summed E-state index contributed by atoms with van der Waals surface area (Å²) in [6.45, 7) is 4.00. The zero-order valence-corrected chi connectivity index (χ0v) is 16.6. The molecule has 1 saturated carbocycles. The number of phenolic OH excluding ortho intramolecular Hbond substituents is 2. The van der Waals surface area contributed by atoms with E-state index in [1.54, 1.807) is 24.6 Å². The molecular weight excluding hydrogens is 388 g/mol. The second kappa shape index (κ2) is 9.72. The third kappa shape index (κ3) is 5.69. The van der Waals surface area contributed by atoms with E-state index in [0.29, 0.717) is 0 Å². The van der Waals surface area contributed by atoms with Gasteiger partial charge in [0.25, 0.3) is 0 Å². The van der Waals surface area contributed by atoms with Crippen LogP contribution in [0.3, 0.4) is 0 Å². The smallest absolute Gasteiger partial charge is 0.124 e. The summed E-state index contributed by atoms with van der Waals surface area (Å²) >= 11 is 0. The Morgan fingerprint density at radius 3 is 1.59 bits per heavy atom. The van der Waals surface area contributed by atoms with Gasteiger partial charge in [-0.1, -0.05) is 36.1 Å². The molecule has 0 spiro atoms. The van der Waals surface area contributed by atoms with Gasteiger partial charge in [0.2, 0.25) is 0 Å². The van der Waals surface area contributed by atoms with Crippen LogP contribution in [0, 0.1) is 13.8 Å². The van der Waals surface area contributed by atoms with Crippen LogP contribution in [-0.4, -0.2) is 34.7 Å². The van der Waals surface area contributed by atoms with Crippen molar-refractivity contribution in [2.24, 2.45) is 9.98 Å². The van der Waals surface area contributed by atoms with E-state index in [-0.39, 0.29) is 40.7 Å². The van der Waals surface area contributed by atoms with E-state index in [1.807, 2.05) is 38.1 Å². The fourth-order valence-corrected chi connectivity index (χ4v) is 3.35. The first-order valence-electron chi connectivity index (χ1n) is 9.18. The van der Waals surface area contributed by atoms with Crippen molar-refractivity contribution in [2.75, 3.05) is 0 Å². The molecule has 4 nitrogen and oxygen atoms in total. The second-order valence-electron chi connectivity index (χ2n) is 7.10. The number of phenols is 2. The maximum Gasteiger partial charge on any atom is 0.124 e. The molecule has 1 aliphatic carbocycles. The Labute approximate surface area is 171 Å². The summed E-state index contributed by atoms with van der Waals surface area (Å²) in [6.07, 6.45) is 7.80. The number of hydrogen-bond donors (Lipinski definition) is 2. The molecule has 2 N–H and O–H groups in total. The van der Waals surface area contributed by atoms with Crippen LogP contribution in [0.25, 0.3) is 0 Å². The molecule has 0 aliphatic heterocycles. The minimum absolute atomic E-state index is 0. The normalized spacial score (nSPS) is 20.1. The average Bonchev–Trinajstić information content (AvgIpc) is 2.64. The Bertz CT molecular complexity index is 764. The summed E-state index contributed by atoms with van der Waals surface area (Å²) in [5.74, 6) is 0.500. The fourth-order valence-electron chi connectivity index (χ4n) is 3.35. The number of rotatable bonds is 4. The Balaban J connectivity index is 0.00000261. The number of aryl methyl sites for hydroxylation is 2. The molecule has 2 aromatic carbocycles. The Hall–Kier alpha value is -2.10. The van der Waals surface area contributed by atoms with Crippen LogP contribution in [0.4, 0.5) is 0 Å². The molecule has 3 rings (SSSR count). The number of hydrogen-bond acceptors (Lipinski definition) is 4. The molecule has 27 heavy (non-hydrogen) atoms. The topological polar surface area (TPSA) is 65.2 Å². The predicted molar refractivity (Wildman–Crippen MR) is 107 cm³/mol. The minimum atomic E-state index is 0. The number of aliphatic imine (C=N–C) groups is 2. The molecule has 0 bridgehead atoms. The zero-order valence-electron chi connectivity index (χ0n) is 15.7. The molecule has 1 fully saturated rings. The third-order valence-corrected chi connectivity index (χ3v) is 4.87. The summed E-state index contributed by atoms with van der Waals surface area (Å²) in [6, 6.07) is 11.2. The van der Waals surface area contributed by atoms with E-state index >= 15 is 0 Å². The fraction of sp³-hybridized carbons (Fsp3) is 0.364. The number of aromatic hydroxyl groups is 2. The SMILES string of the molecule is Cc1ccc(O)c(C=NC2CCCCC2N=Cc2cc(C)ccc2O)c1.[Cu]. The van der Waals surface area contributed by atoms with Gasteiger partial charge in [0.05, 0.1) is 12.1 Å². The Kier molecular flexibility index (Phi) is 7.64. The molecule has 0 saturated heterocycles. The Morgan fingerprint density at radius 2 is 1.19 bits per heavy atom. The van der Waals surface area contributed by atoms with E-state index in [0.717, 1.165) is 47.9 Å². The van der Waals surface area contributed by atoms with Gasteiger partial charge in [-0.05, 0) is 51.0 Å². The van der Waals surface area contributed by atoms with Gasteiger partial charge in [0.1, 0.15) is 11.5 Å². The van der Waals surface area contributed by atoms with Crippen molar-refractivity contribution in [3.63, 3.8) is 0 Å². The summed E-state index contributed by atoms with van der Waals surface area (Å²) in [7, 11) is 0. The van der Waals surface area contributed by atoms with E-state index in [4.69, 9.17) is 9.98 Å². The van der Waals surface area contributed by atoms with Crippen LogP contribution < -0.4 is 0 Å². The van der Waals surface area contributed by atoms with Gasteiger partial charge in [-0.25, -0.2) is 0 Å². The van der Waals surface area contributed by atoms with Crippen LogP contribution in [0.1, 0.15) is 47.9 Å². The van der Waals surface area contributed by atoms with Crippen LogP contribution in [0.2, 0.25) is 0 Å². The number of nitrogens with zero attached hydrogens (tertiary/aromatic N) is 2. The van der Waals surface area contributed by atoms with Gasteiger partial charge in [-0.15, -0.1) is 0 Å². The molecule has 0 heterocycles. The standard InChI is InChI=1S/C22H26N2O2.Cu/c1-15-7-9-21(25)17(11-15)13-23-19-5-3-4-6-20(19)24-14-18-12-16(2)8-10-22(18)26;/h7-14,19-20,25-26H,3-6H2,1-2H3;. The van der Waals surface area contributed by atoms with Crippen LogP contribution >= 0.6 is 0 Å². The van der Waals surface area contributed by atoms with Gasteiger partial charge < -0.3 is 10.2 Å². The van der Waals surface area contributed by atoms with E-state index < -0.39 is 0 Å². The van der Waals surface area contributed by atoms with Gasteiger partial charge in [0, 0.05) is 40.6 Å². The first-order chi connectivity index (χ1) is 12.5. The summed E-state index contributed by atoms with van der Waals surface area (Å²) in [5, 5.41) is 20.0. The monoisotopic (exact) mass is 413 g/mol. The van der Waals surface area contributed by atoms with Crippen molar-refractivity contribution in [2.45, 2.75) is 51.6 Å². The summed E-state index contributed by atoms with van der Waals surface area (Å²) < 4.78 is 0. The van der Waals surface area contributed by atoms with Crippen molar-refractivity contribution in [3.8, 4) is 11.5 Å². The van der Waals surface area contributed by atoms with Crippen molar-refractivity contribution < 1.29 is 27.3 Å². The van der Waals surface area contributed by atoms with Crippen molar-refractivity contribution in [1.29, 1.82) is 0 Å². The molecule has 2 aromatic rings. The summed E-state index contributed by atoms with van der Waals surface area (Å²) in [4.78, 5) is 9.46. The maximum atomic E-state index is 9.99. The zero-order chi connectivity index (χ0) is 18.5. The van der Waals surface area contributed by atoms with Gasteiger partial charge in [0.15, 0.2) is 0 Å². The molecule has 0 amide bonds. The Morgan fingerprint density at radius 1 is 0.778 bits per heavy atom. The molecule has 2 unspecified atom stereocenters. The molecule has 5 heteroatoms. The van der Waals surface area contributed by atoms with Gasteiger partial charge in [-0.3, -0.25) is 9.98 Å². The average molecular weight is 414 g/mol. The van der Waals surface area contributed by atoms with Crippen LogP contribution in [-0.2, 0) is 17.1 Å². The minimum Gasteiger partial charge on any atom is -0.507 e. The first kappa shape index (κ1) is 21.2. The van der Waals surface area contributed by atoms with Gasteiger partial charge in [-0.2, -0.15) is 0 Å². The second-order valence-corrected chi connectivity index (χ2v) is 7.10. The van der Waals surface area contributed by atoms with Gasteiger partial charge >= 0.3 is 0 Å². The van der Waals surface area contributed by atoms with E-state index in [1.165, 1.54) is 0 Å². The maximum absolute atomic E-state index is 9.99. The van der Waals surface area contributed by atoms with Crippen LogP contribution in [0.5, 0.6) is 11.5 Å². The molecule has 1 radical (unpaired) electrons. The largest absolute Gasteiger partial charge is 0.507 e.